The molecule has 1 aromatic rings. The lowest BCUT2D eigenvalue weighted by molar-refractivity contribution is -0.114. The maximum Gasteiger partial charge on any atom is 0.221 e. The molecule has 1 fully saturated rings. The number of rotatable bonds is 2. The number of fused-ring (bicyclic) bond motifs is 1. The van der Waals surface area contributed by atoms with Gasteiger partial charge in [-0.2, -0.15) is 10.6 Å². The Hall–Kier alpha value is -1.04. The van der Waals surface area contributed by atoms with Crippen LogP contribution in [-0.4, -0.2) is 20.8 Å². The number of amides is 1. The number of benzene rings is 1. The summed E-state index contributed by atoms with van der Waals surface area (Å²) in [6.45, 7) is 1.45. The SMILES string of the molecule is CC(=O)Nc1ccc2c(c1)S(O)(O)CCC2C1CC1. The molecule has 1 aliphatic carbocycles. The van der Waals surface area contributed by atoms with Crippen LogP contribution in [0.25, 0.3) is 0 Å². The Morgan fingerprint density at radius 3 is 2.68 bits per heavy atom. The molecule has 2 aliphatic rings. The fourth-order valence-corrected chi connectivity index (χ4v) is 4.66. The van der Waals surface area contributed by atoms with Gasteiger partial charge in [-0.1, -0.05) is 6.07 Å². The highest BCUT2D eigenvalue weighted by Gasteiger charge is 2.39. The summed E-state index contributed by atoms with van der Waals surface area (Å²) in [6.07, 6.45) is 3.35. The van der Waals surface area contributed by atoms with E-state index in [4.69, 9.17) is 0 Å². The summed E-state index contributed by atoms with van der Waals surface area (Å²) in [5, 5.41) is 2.70. The number of nitrogens with one attached hydrogen (secondary N) is 1. The standard InChI is InChI=1S/C14H19NO3S/c1-9(16)15-11-4-5-13-12(10-2-3-10)6-7-19(17,18)14(13)8-11/h4-5,8,10,12,17-18H,2-3,6-7H2,1H3,(H,15,16). The van der Waals surface area contributed by atoms with E-state index in [-0.39, 0.29) is 5.91 Å². The van der Waals surface area contributed by atoms with Gasteiger partial charge < -0.3 is 5.32 Å². The van der Waals surface area contributed by atoms with Gasteiger partial charge in [0.15, 0.2) is 0 Å². The van der Waals surface area contributed by atoms with E-state index < -0.39 is 10.6 Å². The smallest absolute Gasteiger partial charge is 0.221 e. The first-order chi connectivity index (χ1) is 8.97. The summed E-state index contributed by atoms with van der Waals surface area (Å²) in [7, 11) is -2.69. The van der Waals surface area contributed by atoms with E-state index in [0.717, 1.165) is 12.0 Å². The van der Waals surface area contributed by atoms with Crippen molar-refractivity contribution >= 4 is 22.2 Å². The highest BCUT2D eigenvalue weighted by atomic mass is 32.3. The van der Waals surface area contributed by atoms with Crippen molar-refractivity contribution in [3.05, 3.63) is 23.8 Å². The zero-order chi connectivity index (χ0) is 13.6. The van der Waals surface area contributed by atoms with Gasteiger partial charge in [0.1, 0.15) is 0 Å². The highest BCUT2D eigenvalue weighted by Crippen LogP contribution is 2.60. The number of carbonyl (C=O) groups excluding carboxylic acids is 1. The van der Waals surface area contributed by atoms with Gasteiger partial charge in [0.2, 0.25) is 5.91 Å². The summed E-state index contributed by atoms with van der Waals surface area (Å²) >= 11 is 0. The molecular weight excluding hydrogens is 262 g/mol. The molecule has 5 heteroatoms. The van der Waals surface area contributed by atoms with Gasteiger partial charge in [0, 0.05) is 18.4 Å². The molecule has 1 amide bonds. The summed E-state index contributed by atoms with van der Waals surface area (Å²) in [4.78, 5) is 11.7. The minimum Gasteiger partial charge on any atom is -0.326 e. The lowest BCUT2D eigenvalue weighted by atomic mass is 9.91. The van der Waals surface area contributed by atoms with Gasteiger partial charge in [0.25, 0.3) is 0 Å². The first-order valence-electron chi connectivity index (χ1n) is 6.65. The first kappa shape index (κ1) is 13.0. The zero-order valence-electron chi connectivity index (χ0n) is 10.9. The van der Waals surface area contributed by atoms with Crippen LogP contribution in [0.2, 0.25) is 0 Å². The van der Waals surface area contributed by atoms with Crippen LogP contribution in [0.1, 0.15) is 37.7 Å². The van der Waals surface area contributed by atoms with E-state index in [1.54, 1.807) is 6.07 Å². The molecule has 19 heavy (non-hydrogen) atoms. The Morgan fingerprint density at radius 2 is 2.05 bits per heavy atom. The molecule has 1 aliphatic heterocycles. The molecule has 0 spiro atoms. The molecular formula is C14H19NO3S. The molecule has 1 saturated carbocycles. The van der Waals surface area contributed by atoms with Crippen LogP contribution in [0.3, 0.4) is 0 Å². The Labute approximate surface area is 114 Å². The monoisotopic (exact) mass is 281 g/mol. The van der Waals surface area contributed by atoms with Crippen molar-refractivity contribution in [3.8, 4) is 0 Å². The Morgan fingerprint density at radius 1 is 1.32 bits per heavy atom. The number of hydrogen-bond acceptors (Lipinski definition) is 3. The normalized spacial score (nSPS) is 26.4. The Bertz CT molecular complexity index is 525. The summed E-state index contributed by atoms with van der Waals surface area (Å²) in [6, 6.07) is 5.55. The fraction of sp³-hybridized carbons (Fsp3) is 0.500. The van der Waals surface area contributed by atoms with Crippen LogP contribution in [-0.2, 0) is 4.79 Å². The molecule has 4 nitrogen and oxygen atoms in total. The van der Waals surface area contributed by atoms with E-state index in [2.05, 4.69) is 5.32 Å². The maximum absolute atomic E-state index is 11.1. The van der Waals surface area contributed by atoms with E-state index in [1.165, 1.54) is 19.8 Å². The average Bonchev–Trinajstić information content (AvgIpc) is 3.13. The molecule has 0 saturated heterocycles. The number of hydrogen-bond donors (Lipinski definition) is 3. The predicted octanol–water partition coefficient (Wildman–Crippen LogP) is 3.65. The van der Waals surface area contributed by atoms with Crippen LogP contribution in [0, 0.1) is 5.92 Å². The second-order valence-electron chi connectivity index (χ2n) is 5.54. The summed E-state index contributed by atoms with van der Waals surface area (Å²) < 4.78 is 20.5. The van der Waals surface area contributed by atoms with Crippen molar-refractivity contribution in [1.82, 2.24) is 0 Å². The predicted molar refractivity (Wildman–Crippen MR) is 76.8 cm³/mol. The molecule has 0 radical (unpaired) electrons. The van der Waals surface area contributed by atoms with Crippen molar-refractivity contribution in [2.24, 2.45) is 5.92 Å². The molecule has 1 heterocycles. The van der Waals surface area contributed by atoms with Crippen LogP contribution in [0.15, 0.2) is 23.1 Å². The molecule has 3 rings (SSSR count). The molecule has 0 bridgehead atoms. The highest BCUT2D eigenvalue weighted by molar-refractivity contribution is 8.24. The third-order valence-corrected chi connectivity index (χ3v) is 5.85. The van der Waals surface area contributed by atoms with Gasteiger partial charge in [-0.05, 0) is 48.8 Å². The van der Waals surface area contributed by atoms with Crippen molar-refractivity contribution in [1.29, 1.82) is 0 Å². The van der Waals surface area contributed by atoms with Gasteiger partial charge >= 0.3 is 0 Å². The van der Waals surface area contributed by atoms with E-state index >= 15 is 0 Å². The molecule has 3 N–H and O–H groups in total. The maximum atomic E-state index is 11.1. The Kier molecular flexibility index (Phi) is 3.08. The quantitative estimate of drug-likeness (QED) is 0.775. The molecule has 104 valence electrons. The van der Waals surface area contributed by atoms with E-state index in [1.807, 2.05) is 12.1 Å². The van der Waals surface area contributed by atoms with Gasteiger partial charge in [-0.3, -0.25) is 13.9 Å². The van der Waals surface area contributed by atoms with Gasteiger partial charge in [0.05, 0.1) is 4.90 Å². The second kappa shape index (κ2) is 4.51. The topological polar surface area (TPSA) is 69.6 Å². The third-order valence-electron chi connectivity index (χ3n) is 3.99. The summed E-state index contributed by atoms with van der Waals surface area (Å²) in [5.41, 5.74) is 1.71. The largest absolute Gasteiger partial charge is 0.326 e. The van der Waals surface area contributed by atoms with Crippen molar-refractivity contribution in [2.75, 3.05) is 11.1 Å². The lowest BCUT2D eigenvalue weighted by Gasteiger charge is -2.41. The minimum absolute atomic E-state index is 0.147. The number of carbonyl (C=O) groups is 1. The molecule has 1 unspecified atom stereocenters. The molecule has 0 aromatic heterocycles. The zero-order valence-corrected chi connectivity index (χ0v) is 11.7. The van der Waals surface area contributed by atoms with Gasteiger partial charge in [-0.15, -0.1) is 0 Å². The van der Waals surface area contributed by atoms with Crippen LogP contribution in [0.4, 0.5) is 5.69 Å². The van der Waals surface area contributed by atoms with E-state index in [9.17, 15) is 13.9 Å². The van der Waals surface area contributed by atoms with Crippen LogP contribution in [0.5, 0.6) is 0 Å². The minimum atomic E-state index is -2.69. The first-order valence-corrected chi connectivity index (χ1v) is 8.36. The molecule has 1 aromatic carbocycles. The second-order valence-corrected chi connectivity index (χ2v) is 7.72. The summed E-state index contributed by atoms with van der Waals surface area (Å²) in [5.74, 6) is 1.47. The van der Waals surface area contributed by atoms with Crippen molar-refractivity contribution < 1.29 is 13.9 Å². The van der Waals surface area contributed by atoms with Crippen molar-refractivity contribution in [3.63, 3.8) is 0 Å². The molecule has 1 atom stereocenters. The average molecular weight is 281 g/mol. The van der Waals surface area contributed by atoms with Crippen LogP contribution < -0.4 is 5.32 Å². The lowest BCUT2D eigenvalue weighted by Crippen LogP contribution is -2.19. The Balaban J connectivity index is 2.00. The fourth-order valence-electron chi connectivity index (χ4n) is 2.95. The van der Waals surface area contributed by atoms with Crippen molar-refractivity contribution in [2.45, 2.75) is 37.0 Å². The van der Waals surface area contributed by atoms with Gasteiger partial charge in [-0.25, -0.2) is 0 Å². The van der Waals surface area contributed by atoms with Crippen LogP contribution >= 0.6 is 10.6 Å². The number of anilines is 1. The third kappa shape index (κ3) is 2.50. The van der Waals surface area contributed by atoms with E-state index in [0.29, 0.717) is 28.2 Å².